The normalized spacial score (nSPS) is 11.7. The molecule has 0 aliphatic carbocycles. The third-order valence-electron chi connectivity index (χ3n) is 5.34. The van der Waals surface area contributed by atoms with Gasteiger partial charge in [0.05, 0.1) is 5.60 Å². The Morgan fingerprint density at radius 1 is 0.889 bits per heavy atom. The van der Waals surface area contributed by atoms with Crippen molar-refractivity contribution in [2.45, 2.75) is 53.1 Å². The van der Waals surface area contributed by atoms with Crippen molar-refractivity contribution in [3.8, 4) is 17.2 Å². The summed E-state index contributed by atoms with van der Waals surface area (Å²) in [4.78, 5) is 48.7. The van der Waals surface area contributed by atoms with Crippen LogP contribution in [-0.4, -0.2) is 28.6 Å². The second-order valence-corrected chi connectivity index (χ2v) is 9.00. The number of aliphatic hydroxyl groups is 1. The van der Waals surface area contributed by atoms with E-state index >= 15 is 0 Å². The molecular formula is C26H24O10. The first-order valence-corrected chi connectivity index (χ1v) is 11.1. The Hall–Kier alpha value is -4.18. The largest absolute Gasteiger partial charge is 0.427 e. The molecule has 10 heteroatoms. The van der Waals surface area contributed by atoms with Crippen LogP contribution in [-0.2, 0) is 20.8 Å². The fourth-order valence-corrected chi connectivity index (χ4v) is 3.92. The van der Waals surface area contributed by atoms with Gasteiger partial charge in [0.1, 0.15) is 33.6 Å². The van der Waals surface area contributed by atoms with Crippen LogP contribution in [0.3, 0.4) is 0 Å². The fraction of sp³-hybridized carbons (Fsp3) is 0.308. The van der Waals surface area contributed by atoms with Crippen LogP contribution in [0.15, 0.2) is 37.9 Å². The molecule has 188 valence electrons. The van der Waals surface area contributed by atoms with Crippen LogP contribution >= 0.6 is 0 Å². The summed E-state index contributed by atoms with van der Waals surface area (Å²) in [6.07, 6.45) is 0.394. The lowest BCUT2D eigenvalue weighted by atomic mass is 9.96. The highest BCUT2D eigenvalue weighted by Gasteiger charge is 2.26. The van der Waals surface area contributed by atoms with Crippen molar-refractivity contribution in [3.63, 3.8) is 0 Å². The topological polar surface area (TPSA) is 142 Å². The Morgan fingerprint density at radius 2 is 1.53 bits per heavy atom. The van der Waals surface area contributed by atoms with E-state index in [1.54, 1.807) is 19.9 Å². The van der Waals surface area contributed by atoms with Crippen molar-refractivity contribution in [2.75, 3.05) is 0 Å². The first kappa shape index (κ1) is 24.9. The molecule has 0 spiro atoms. The van der Waals surface area contributed by atoms with Crippen LogP contribution in [0, 0.1) is 0 Å². The molecule has 0 amide bonds. The summed E-state index contributed by atoms with van der Waals surface area (Å²) >= 11 is 0. The van der Waals surface area contributed by atoms with Crippen molar-refractivity contribution < 1.29 is 42.5 Å². The van der Waals surface area contributed by atoms with E-state index in [0.29, 0.717) is 10.9 Å². The summed E-state index contributed by atoms with van der Waals surface area (Å²) in [5.74, 6) is -1.90. The first-order chi connectivity index (χ1) is 16.8. The average molecular weight is 496 g/mol. The number of esters is 3. The number of furan rings is 1. The van der Waals surface area contributed by atoms with E-state index in [1.807, 2.05) is 0 Å². The SMILES string of the molecule is CC(=O)Oc1ccc2c(c1)oc1oc3c(CCC(C)(C)O)c(OC(C)=O)cc(OC(C)=O)c3c(=O)c12. The molecule has 4 rings (SSSR count). The van der Waals surface area contributed by atoms with Gasteiger partial charge in [0.2, 0.25) is 5.43 Å². The number of carbonyl (C=O) groups excluding carboxylic acids is 3. The number of rotatable bonds is 6. The summed E-state index contributed by atoms with van der Waals surface area (Å²) in [5, 5.41) is 10.7. The van der Waals surface area contributed by atoms with Gasteiger partial charge in [-0.25, -0.2) is 0 Å². The molecule has 1 N–H and O–H groups in total. The standard InChI is InChI=1S/C26H24O10/c1-12(27)32-15-6-7-16-18(10-15)35-25-21(16)23(30)22-20(34-14(3)29)11-19(33-13(2)28)17(24(22)36-25)8-9-26(4,5)31/h6-7,10-11,31H,8-9H2,1-5H3. The zero-order chi connectivity index (χ0) is 26.4. The summed E-state index contributed by atoms with van der Waals surface area (Å²) < 4.78 is 27.6. The molecule has 4 aromatic rings. The first-order valence-electron chi connectivity index (χ1n) is 11.1. The quantitative estimate of drug-likeness (QED) is 0.305. The molecule has 2 aromatic carbocycles. The molecule has 0 atom stereocenters. The lowest BCUT2D eigenvalue weighted by molar-refractivity contribution is -0.133. The minimum atomic E-state index is -1.08. The number of ether oxygens (including phenoxy) is 3. The van der Waals surface area contributed by atoms with Crippen LogP contribution in [0.4, 0.5) is 0 Å². The highest BCUT2D eigenvalue weighted by atomic mass is 16.5. The fourth-order valence-electron chi connectivity index (χ4n) is 3.92. The molecule has 10 nitrogen and oxygen atoms in total. The number of hydrogen-bond acceptors (Lipinski definition) is 10. The third kappa shape index (κ3) is 4.94. The van der Waals surface area contributed by atoms with Crippen LogP contribution in [0.5, 0.6) is 17.2 Å². The van der Waals surface area contributed by atoms with E-state index < -0.39 is 28.9 Å². The molecule has 0 saturated heterocycles. The van der Waals surface area contributed by atoms with E-state index in [0.717, 1.165) is 0 Å². The maximum Gasteiger partial charge on any atom is 0.308 e. The van der Waals surface area contributed by atoms with Crippen LogP contribution in [0.25, 0.3) is 33.1 Å². The maximum atomic E-state index is 13.8. The third-order valence-corrected chi connectivity index (χ3v) is 5.34. The number of benzene rings is 2. The van der Waals surface area contributed by atoms with Crippen LogP contribution in [0.1, 0.15) is 46.6 Å². The Bertz CT molecular complexity index is 1600. The van der Waals surface area contributed by atoms with Gasteiger partial charge in [-0.15, -0.1) is 0 Å². The molecule has 0 aliphatic heterocycles. The van der Waals surface area contributed by atoms with Gasteiger partial charge in [-0.05, 0) is 38.8 Å². The molecule has 0 saturated carbocycles. The molecular weight excluding hydrogens is 472 g/mol. The predicted octanol–water partition coefficient (Wildman–Crippen LogP) is 4.17. The molecule has 0 bridgehead atoms. The van der Waals surface area contributed by atoms with Gasteiger partial charge in [-0.3, -0.25) is 19.2 Å². The zero-order valence-corrected chi connectivity index (χ0v) is 20.3. The van der Waals surface area contributed by atoms with E-state index in [4.69, 9.17) is 23.0 Å². The number of carbonyl (C=O) groups is 3. The molecule has 2 aromatic heterocycles. The molecule has 0 fully saturated rings. The average Bonchev–Trinajstić information content (AvgIpc) is 3.08. The minimum Gasteiger partial charge on any atom is -0.427 e. The van der Waals surface area contributed by atoms with Crippen molar-refractivity contribution >= 4 is 51.0 Å². The van der Waals surface area contributed by atoms with Gasteiger partial charge >= 0.3 is 23.7 Å². The monoisotopic (exact) mass is 496 g/mol. The van der Waals surface area contributed by atoms with Crippen LogP contribution in [0.2, 0.25) is 0 Å². The van der Waals surface area contributed by atoms with E-state index in [-0.39, 0.29) is 57.8 Å². The van der Waals surface area contributed by atoms with Crippen molar-refractivity contribution in [1.82, 2.24) is 0 Å². The lowest BCUT2D eigenvalue weighted by Crippen LogP contribution is -2.20. The Kier molecular flexibility index (Phi) is 6.32. The van der Waals surface area contributed by atoms with Crippen molar-refractivity contribution in [2.24, 2.45) is 0 Å². The molecule has 0 radical (unpaired) electrons. The van der Waals surface area contributed by atoms with Gasteiger partial charge in [0.15, 0.2) is 5.58 Å². The smallest absolute Gasteiger partial charge is 0.308 e. The van der Waals surface area contributed by atoms with Gasteiger partial charge in [0, 0.05) is 43.9 Å². The van der Waals surface area contributed by atoms with Gasteiger partial charge in [0.25, 0.3) is 0 Å². The summed E-state index contributed by atoms with van der Waals surface area (Å²) in [6.45, 7) is 6.86. The highest BCUT2D eigenvalue weighted by Crippen LogP contribution is 2.40. The highest BCUT2D eigenvalue weighted by molar-refractivity contribution is 6.08. The molecule has 2 heterocycles. The molecule has 36 heavy (non-hydrogen) atoms. The van der Waals surface area contributed by atoms with Gasteiger partial charge in [-0.1, -0.05) is 0 Å². The van der Waals surface area contributed by atoms with E-state index in [1.165, 1.54) is 39.0 Å². The molecule has 0 unspecified atom stereocenters. The number of hydrogen-bond donors (Lipinski definition) is 1. The Morgan fingerprint density at radius 3 is 2.14 bits per heavy atom. The number of fused-ring (bicyclic) bond motifs is 4. The minimum absolute atomic E-state index is 0.00832. The van der Waals surface area contributed by atoms with Crippen molar-refractivity contribution in [3.05, 3.63) is 40.1 Å². The van der Waals surface area contributed by atoms with Gasteiger partial charge < -0.3 is 28.2 Å². The Balaban J connectivity index is 2.09. The summed E-state index contributed by atoms with van der Waals surface area (Å²) in [6, 6.07) is 5.79. The maximum absolute atomic E-state index is 13.8. The number of aryl methyl sites for hydroxylation is 1. The Labute approximate surface area is 204 Å². The van der Waals surface area contributed by atoms with E-state index in [2.05, 4.69) is 0 Å². The summed E-state index contributed by atoms with van der Waals surface area (Å²) in [7, 11) is 0. The van der Waals surface area contributed by atoms with Crippen molar-refractivity contribution in [1.29, 1.82) is 0 Å². The predicted molar refractivity (Wildman–Crippen MR) is 128 cm³/mol. The second-order valence-electron chi connectivity index (χ2n) is 9.00. The lowest BCUT2D eigenvalue weighted by Gasteiger charge is -2.19. The van der Waals surface area contributed by atoms with E-state index in [9.17, 15) is 24.3 Å². The zero-order valence-electron chi connectivity index (χ0n) is 20.3. The summed E-state index contributed by atoms with van der Waals surface area (Å²) in [5.41, 5.74) is -1.08. The van der Waals surface area contributed by atoms with Gasteiger partial charge in [-0.2, -0.15) is 0 Å². The molecule has 0 aliphatic rings. The van der Waals surface area contributed by atoms with Crippen LogP contribution < -0.4 is 19.6 Å². The second kappa shape index (κ2) is 9.12.